The zero-order valence-electron chi connectivity index (χ0n) is 8.70. The van der Waals surface area contributed by atoms with E-state index in [0.717, 1.165) is 0 Å². The van der Waals surface area contributed by atoms with Crippen LogP contribution in [0.15, 0.2) is 11.6 Å². The van der Waals surface area contributed by atoms with Crippen molar-refractivity contribution in [1.29, 1.82) is 0 Å². The van der Waals surface area contributed by atoms with Gasteiger partial charge in [0.15, 0.2) is 0 Å². The highest BCUT2D eigenvalue weighted by Gasteiger charge is 2.57. The van der Waals surface area contributed by atoms with Crippen LogP contribution < -0.4 is 0 Å². The predicted octanol–water partition coefficient (Wildman–Crippen LogP) is -2.07. The summed E-state index contributed by atoms with van der Waals surface area (Å²) in [7, 11) is 1.17. The summed E-state index contributed by atoms with van der Waals surface area (Å²) < 4.78 is 4.50. The Morgan fingerprint density at radius 3 is 2.62 bits per heavy atom. The van der Waals surface area contributed by atoms with Crippen LogP contribution in [0.2, 0.25) is 0 Å². The Hall–Kier alpha value is -0.950. The number of carbonyl (C=O) groups excluding carboxylic acids is 1. The van der Waals surface area contributed by atoms with Gasteiger partial charge in [-0.05, 0) is 6.08 Å². The first-order chi connectivity index (χ1) is 7.40. The van der Waals surface area contributed by atoms with Crippen LogP contribution in [0.1, 0.15) is 6.42 Å². The molecule has 0 unspecified atom stereocenters. The van der Waals surface area contributed by atoms with Crippen molar-refractivity contribution in [3.05, 3.63) is 11.6 Å². The number of rotatable bonds is 1. The molecule has 0 aromatic carbocycles. The Labute approximate surface area is 91.8 Å². The first kappa shape index (κ1) is 11.5. The molecule has 16 heavy (non-hydrogen) atoms. The smallest absolute Gasteiger partial charge is 0.333 e. The van der Waals surface area contributed by atoms with Crippen LogP contribution in [0.4, 0.5) is 0 Å². The molecule has 3 aliphatic carbocycles. The molecule has 0 radical (unpaired) electrons. The number of esters is 1. The second kappa shape index (κ2) is 3.53. The lowest BCUT2D eigenvalue weighted by atomic mass is 9.64. The molecule has 1 saturated carbocycles. The maximum Gasteiger partial charge on any atom is 0.333 e. The average Bonchev–Trinajstić information content (AvgIpc) is 2.23. The number of aliphatic hydroxyl groups excluding tert-OH is 3. The topological polar surface area (TPSA) is 107 Å². The lowest BCUT2D eigenvalue weighted by molar-refractivity contribution is -0.188. The summed E-state index contributed by atoms with van der Waals surface area (Å²) in [5.74, 6) is -1.62. The van der Waals surface area contributed by atoms with Gasteiger partial charge in [-0.3, -0.25) is 0 Å². The van der Waals surface area contributed by atoms with Crippen molar-refractivity contribution in [2.24, 2.45) is 5.92 Å². The number of fused-ring (bicyclic) bond motifs is 2. The lowest BCUT2D eigenvalue weighted by Gasteiger charge is -2.49. The second-order valence-electron chi connectivity index (χ2n) is 4.32. The van der Waals surface area contributed by atoms with E-state index in [0.29, 0.717) is 0 Å². The minimum atomic E-state index is -1.77. The van der Waals surface area contributed by atoms with Gasteiger partial charge in [0.2, 0.25) is 0 Å². The maximum atomic E-state index is 11.4. The third kappa shape index (κ3) is 1.38. The van der Waals surface area contributed by atoms with Crippen molar-refractivity contribution < 1.29 is 30.0 Å². The van der Waals surface area contributed by atoms with Crippen molar-refractivity contribution in [3.8, 4) is 0 Å². The normalized spacial score (nSPS) is 46.4. The van der Waals surface area contributed by atoms with Crippen molar-refractivity contribution in [2.45, 2.75) is 30.3 Å². The van der Waals surface area contributed by atoms with Crippen LogP contribution in [0, 0.1) is 5.92 Å². The number of methoxy groups -OCH3 is 1. The van der Waals surface area contributed by atoms with Gasteiger partial charge in [-0.25, -0.2) is 4.79 Å². The van der Waals surface area contributed by atoms with Crippen molar-refractivity contribution in [1.82, 2.24) is 0 Å². The van der Waals surface area contributed by atoms with E-state index in [9.17, 15) is 25.2 Å². The highest BCUT2D eigenvalue weighted by molar-refractivity contribution is 5.90. The summed E-state index contributed by atoms with van der Waals surface area (Å²) in [6, 6.07) is 0. The minimum absolute atomic E-state index is 0.0153. The largest absolute Gasteiger partial charge is 0.466 e. The average molecular weight is 230 g/mol. The molecule has 0 aromatic heterocycles. The Morgan fingerprint density at radius 2 is 2.12 bits per heavy atom. The molecular weight excluding hydrogens is 216 g/mol. The van der Waals surface area contributed by atoms with E-state index >= 15 is 0 Å². The third-order valence-electron chi connectivity index (χ3n) is 3.34. The van der Waals surface area contributed by atoms with Gasteiger partial charge in [0, 0.05) is 17.9 Å². The predicted molar refractivity (Wildman–Crippen MR) is 51.2 cm³/mol. The maximum absolute atomic E-state index is 11.4. The van der Waals surface area contributed by atoms with E-state index in [1.54, 1.807) is 0 Å². The zero-order chi connectivity index (χ0) is 12.1. The Kier molecular flexibility index (Phi) is 2.54. The highest BCUT2D eigenvalue weighted by Crippen LogP contribution is 2.44. The Morgan fingerprint density at radius 1 is 1.50 bits per heavy atom. The molecule has 3 aliphatic rings. The number of hydrogen-bond donors (Lipinski definition) is 4. The van der Waals surface area contributed by atoms with E-state index in [2.05, 4.69) is 4.74 Å². The number of ether oxygens (including phenoxy) is 1. The molecular formula is C10H14O6. The van der Waals surface area contributed by atoms with E-state index in [1.165, 1.54) is 13.2 Å². The lowest BCUT2D eigenvalue weighted by Crippen LogP contribution is -2.64. The molecule has 4 N–H and O–H groups in total. The van der Waals surface area contributed by atoms with Crippen LogP contribution in [0.3, 0.4) is 0 Å². The first-order valence-corrected chi connectivity index (χ1v) is 4.98. The molecule has 1 fully saturated rings. The van der Waals surface area contributed by atoms with Gasteiger partial charge in [0.05, 0.1) is 19.3 Å². The standard InChI is InChI=1S/C10H14O6/c1-16-9(14)4-2-10(15)3-5(11)6(4)7(12)8(10)13/h2,5-8,11-13,15H,3H2,1H3/t5-,6+,7+,8+,10+/m0/s1. The van der Waals surface area contributed by atoms with Gasteiger partial charge in [-0.1, -0.05) is 0 Å². The van der Waals surface area contributed by atoms with Crippen LogP contribution >= 0.6 is 0 Å². The quantitative estimate of drug-likeness (QED) is 0.386. The van der Waals surface area contributed by atoms with E-state index in [4.69, 9.17) is 0 Å². The third-order valence-corrected chi connectivity index (χ3v) is 3.34. The molecule has 90 valence electrons. The first-order valence-electron chi connectivity index (χ1n) is 4.98. The second-order valence-corrected chi connectivity index (χ2v) is 4.32. The molecule has 0 saturated heterocycles. The molecule has 5 atom stereocenters. The molecule has 0 heterocycles. The molecule has 6 nitrogen and oxygen atoms in total. The number of carbonyl (C=O) groups is 1. The number of aliphatic hydroxyl groups is 4. The van der Waals surface area contributed by atoms with Crippen molar-refractivity contribution in [2.75, 3.05) is 7.11 Å². The fraction of sp³-hybridized carbons (Fsp3) is 0.700. The van der Waals surface area contributed by atoms with E-state index in [-0.39, 0.29) is 12.0 Å². The summed E-state index contributed by atoms with van der Waals surface area (Å²) in [6.45, 7) is 0. The molecule has 0 aliphatic heterocycles. The fourth-order valence-electron chi connectivity index (χ4n) is 2.52. The fourth-order valence-corrected chi connectivity index (χ4v) is 2.52. The van der Waals surface area contributed by atoms with Crippen LogP contribution in [0.25, 0.3) is 0 Å². The SMILES string of the molecule is COC(=O)C1=C[C@@]2(O)C[C@H](O)[C@@H]1[C@@H](O)[C@H]2O. The molecule has 0 aromatic rings. The molecule has 0 spiro atoms. The minimum Gasteiger partial charge on any atom is -0.466 e. The summed E-state index contributed by atoms with van der Waals surface area (Å²) in [6.07, 6.45) is -2.76. The van der Waals surface area contributed by atoms with Gasteiger partial charge in [0.25, 0.3) is 0 Å². The summed E-state index contributed by atoms with van der Waals surface area (Å²) >= 11 is 0. The van der Waals surface area contributed by atoms with Gasteiger partial charge in [-0.2, -0.15) is 0 Å². The summed E-state index contributed by atoms with van der Waals surface area (Å²) in [5, 5.41) is 39.0. The Balaban J connectivity index is 2.45. The van der Waals surface area contributed by atoms with Crippen LogP contribution in [0.5, 0.6) is 0 Å². The van der Waals surface area contributed by atoms with Crippen molar-refractivity contribution >= 4 is 5.97 Å². The molecule has 0 amide bonds. The van der Waals surface area contributed by atoms with Crippen molar-refractivity contribution in [3.63, 3.8) is 0 Å². The van der Waals surface area contributed by atoms with E-state index in [1.807, 2.05) is 0 Å². The molecule has 2 bridgehead atoms. The number of hydrogen-bond acceptors (Lipinski definition) is 6. The Bertz CT molecular complexity index is 351. The van der Waals surface area contributed by atoms with Crippen LogP contribution in [-0.2, 0) is 9.53 Å². The highest BCUT2D eigenvalue weighted by atomic mass is 16.5. The van der Waals surface area contributed by atoms with Crippen LogP contribution in [-0.4, -0.2) is 57.4 Å². The summed E-state index contributed by atoms with van der Waals surface area (Å²) in [4.78, 5) is 11.4. The van der Waals surface area contributed by atoms with Gasteiger partial charge < -0.3 is 25.2 Å². The zero-order valence-corrected chi connectivity index (χ0v) is 8.70. The van der Waals surface area contributed by atoms with Gasteiger partial charge in [0.1, 0.15) is 11.7 Å². The van der Waals surface area contributed by atoms with E-state index < -0.39 is 35.8 Å². The van der Waals surface area contributed by atoms with Gasteiger partial charge in [-0.15, -0.1) is 0 Å². The molecule has 3 rings (SSSR count). The molecule has 6 heteroatoms. The monoisotopic (exact) mass is 230 g/mol. The summed E-state index contributed by atoms with van der Waals surface area (Å²) in [5.41, 5.74) is -1.75. The van der Waals surface area contributed by atoms with Gasteiger partial charge >= 0.3 is 5.97 Å².